The number of hydrogen-bond donors (Lipinski definition) is 0. The van der Waals surface area contributed by atoms with Gasteiger partial charge in [0.05, 0.1) is 25.9 Å². The molecule has 0 saturated carbocycles. The first-order valence-electron chi connectivity index (χ1n) is 6.76. The Hall–Kier alpha value is -1.81. The Morgan fingerprint density at radius 3 is 2.42 bits per heavy atom. The van der Waals surface area contributed by atoms with E-state index in [1.807, 2.05) is 0 Å². The second-order valence-corrected chi connectivity index (χ2v) is 6.41. The van der Waals surface area contributed by atoms with Gasteiger partial charge in [0.2, 0.25) is 0 Å². The zero-order valence-corrected chi connectivity index (χ0v) is 13.9. The fraction of sp³-hybridized carbons (Fsp3) is 0.500. The molecule has 1 rings (SSSR count). The van der Waals surface area contributed by atoms with Gasteiger partial charge >= 0.3 is 21.6 Å². The minimum atomic E-state index is -5.86. The van der Waals surface area contributed by atoms with Crippen LogP contribution in [-0.2, 0) is 28.6 Å². The first-order chi connectivity index (χ1) is 11.0. The highest BCUT2D eigenvalue weighted by atomic mass is 32.2. The van der Waals surface area contributed by atoms with Crippen LogP contribution >= 0.6 is 0 Å². The van der Waals surface area contributed by atoms with E-state index in [9.17, 15) is 26.4 Å². The van der Waals surface area contributed by atoms with E-state index in [2.05, 4.69) is 15.5 Å². The highest BCUT2D eigenvalue weighted by Crippen LogP contribution is 2.29. The molecule has 0 aromatic heterocycles. The Balaban J connectivity index is 3.19. The van der Waals surface area contributed by atoms with E-state index in [4.69, 9.17) is 4.74 Å². The van der Waals surface area contributed by atoms with E-state index in [0.29, 0.717) is 31.6 Å². The van der Waals surface area contributed by atoms with E-state index in [0.717, 1.165) is 18.8 Å². The number of hydrogen-bond acceptors (Lipinski definition) is 6. The molecule has 6 nitrogen and oxygen atoms in total. The summed E-state index contributed by atoms with van der Waals surface area (Å²) in [5.74, 6) is -1.70. The summed E-state index contributed by atoms with van der Waals surface area (Å²) >= 11 is 0. The lowest BCUT2D eigenvalue weighted by Gasteiger charge is -2.13. The molecule has 0 atom stereocenters. The predicted molar refractivity (Wildman–Crippen MR) is 78.1 cm³/mol. The summed E-state index contributed by atoms with van der Waals surface area (Å²) in [7, 11) is -4.77. The number of carbonyl (C=O) groups excluding carboxylic acids is 1. The predicted octanol–water partition coefficient (Wildman–Crippen LogP) is 2.59. The SMILES string of the molecule is C=C(/C=C(/C(=O)OC)C1=C(C)CCOCC1)OS(=O)(=O)C(F)(F)F. The van der Waals surface area contributed by atoms with Crippen LogP contribution in [0.4, 0.5) is 13.2 Å². The summed E-state index contributed by atoms with van der Waals surface area (Å²) in [5.41, 5.74) is -4.45. The third kappa shape index (κ3) is 5.10. The molecular formula is C14H17F3O6S. The van der Waals surface area contributed by atoms with Crippen LogP contribution in [0.15, 0.2) is 35.1 Å². The van der Waals surface area contributed by atoms with Gasteiger partial charge < -0.3 is 13.7 Å². The Morgan fingerprint density at radius 2 is 1.88 bits per heavy atom. The van der Waals surface area contributed by atoms with Crippen LogP contribution in [0.1, 0.15) is 19.8 Å². The quantitative estimate of drug-likeness (QED) is 0.185. The highest BCUT2D eigenvalue weighted by Gasteiger charge is 2.48. The number of carbonyl (C=O) groups is 1. The minimum Gasteiger partial charge on any atom is -0.465 e. The summed E-state index contributed by atoms with van der Waals surface area (Å²) < 4.78 is 72.8. The number of esters is 1. The summed E-state index contributed by atoms with van der Waals surface area (Å²) in [5, 5.41) is 0. The molecule has 10 heteroatoms. The molecule has 1 aliphatic rings. The number of methoxy groups -OCH3 is 1. The molecule has 0 spiro atoms. The van der Waals surface area contributed by atoms with Gasteiger partial charge in [-0.25, -0.2) is 4.79 Å². The van der Waals surface area contributed by atoms with E-state index < -0.39 is 27.4 Å². The third-order valence-electron chi connectivity index (χ3n) is 3.17. The van der Waals surface area contributed by atoms with Gasteiger partial charge in [-0.15, -0.1) is 0 Å². The Bertz CT molecular complexity index is 673. The van der Waals surface area contributed by atoms with Crippen LogP contribution in [0, 0.1) is 0 Å². The van der Waals surface area contributed by atoms with Crippen LogP contribution in [-0.4, -0.2) is 40.2 Å². The standard InChI is InChI=1S/C14H17F3O6S/c1-9-4-6-22-7-5-11(9)12(13(18)21-3)8-10(2)23-24(19,20)14(15,16)17/h8H,2,4-7H2,1,3H3/b12-8+. The molecule has 0 aliphatic carbocycles. The molecule has 0 fully saturated rings. The fourth-order valence-electron chi connectivity index (χ4n) is 1.98. The first-order valence-corrected chi connectivity index (χ1v) is 8.17. The summed E-state index contributed by atoms with van der Waals surface area (Å²) in [6.45, 7) is 5.58. The molecule has 0 amide bonds. The summed E-state index contributed by atoms with van der Waals surface area (Å²) in [6.07, 6.45) is 1.64. The molecule has 0 unspecified atom stereocenters. The molecule has 0 aromatic rings. The van der Waals surface area contributed by atoms with Gasteiger partial charge in [-0.1, -0.05) is 12.2 Å². The van der Waals surface area contributed by atoms with Crippen LogP contribution in [0.5, 0.6) is 0 Å². The van der Waals surface area contributed by atoms with Gasteiger partial charge in [-0.05, 0) is 31.4 Å². The van der Waals surface area contributed by atoms with Crippen molar-refractivity contribution in [3.05, 3.63) is 35.1 Å². The third-order valence-corrected chi connectivity index (χ3v) is 4.17. The van der Waals surface area contributed by atoms with Crippen LogP contribution < -0.4 is 0 Å². The van der Waals surface area contributed by atoms with Crippen molar-refractivity contribution in [1.29, 1.82) is 0 Å². The van der Waals surface area contributed by atoms with E-state index in [1.54, 1.807) is 6.92 Å². The number of allylic oxidation sites excluding steroid dienone is 1. The maximum Gasteiger partial charge on any atom is 0.534 e. The lowest BCUT2D eigenvalue weighted by atomic mass is 9.96. The van der Waals surface area contributed by atoms with Crippen molar-refractivity contribution in [2.75, 3.05) is 20.3 Å². The zero-order valence-electron chi connectivity index (χ0n) is 13.1. The second kappa shape index (κ2) is 7.84. The molecule has 0 saturated heterocycles. The van der Waals surface area contributed by atoms with Crippen molar-refractivity contribution < 1.29 is 40.0 Å². The first kappa shape index (κ1) is 20.2. The van der Waals surface area contributed by atoms with Crippen molar-refractivity contribution in [2.24, 2.45) is 0 Å². The van der Waals surface area contributed by atoms with Crippen LogP contribution in [0.2, 0.25) is 0 Å². The fourth-order valence-corrected chi connectivity index (χ4v) is 2.41. The zero-order chi connectivity index (χ0) is 18.5. The van der Waals surface area contributed by atoms with Crippen molar-refractivity contribution in [3.63, 3.8) is 0 Å². The molecule has 136 valence electrons. The molecule has 1 heterocycles. The van der Waals surface area contributed by atoms with Crippen LogP contribution in [0.25, 0.3) is 0 Å². The molecular weight excluding hydrogens is 353 g/mol. The highest BCUT2D eigenvalue weighted by molar-refractivity contribution is 7.87. The smallest absolute Gasteiger partial charge is 0.465 e. The number of rotatable bonds is 5. The van der Waals surface area contributed by atoms with E-state index in [-0.39, 0.29) is 5.57 Å². The largest absolute Gasteiger partial charge is 0.534 e. The van der Waals surface area contributed by atoms with Gasteiger partial charge in [-0.2, -0.15) is 21.6 Å². The summed E-state index contributed by atoms with van der Waals surface area (Å²) in [4.78, 5) is 11.9. The van der Waals surface area contributed by atoms with Gasteiger partial charge in [-0.3, -0.25) is 0 Å². The van der Waals surface area contributed by atoms with Crippen LogP contribution in [0.3, 0.4) is 0 Å². The average molecular weight is 370 g/mol. The molecule has 0 N–H and O–H groups in total. The van der Waals surface area contributed by atoms with Gasteiger partial charge in [0.25, 0.3) is 0 Å². The van der Waals surface area contributed by atoms with Gasteiger partial charge in [0, 0.05) is 0 Å². The number of ether oxygens (including phenoxy) is 2. The van der Waals surface area contributed by atoms with Crippen molar-refractivity contribution in [2.45, 2.75) is 25.3 Å². The topological polar surface area (TPSA) is 78.9 Å². The number of halogens is 3. The average Bonchev–Trinajstić information content (AvgIpc) is 2.67. The Labute approximate surface area is 137 Å². The molecule has 24 heavy (non-hydrogen) atoms. The van der Waals surface area contributed by atoms with Crippen molar-refractivity contribution in [3.8, 4) is 0 Å². The molecule has 1 aliphatic heterocycles. The maximum absolute atomic E-state index is 12.3. The lowest BCUT2D eigenvalue weighted by molar-refractivity contribution is -0.135. The van der Waals surface area contributed by atoms with Crippen molar-refractivity contribution >= 4 is 16.1 Å². The lowest BCUT2D eigenvalue weighted by Crippen LogP contribution is -2.25. The monoisotopic (exact) mass is 370 g/mol. The molecule has 0 radical (unpaired) electrons. The van der Waals surface area contributed by atoms with Crippen molar-refractivity contribution in [1.82, 2.24) is 0 Å². The number of alkyl halides is 3. The molecule has 0 aromatic carbocycles. The van der Waals surface area contributed by atoms with Gasteiger partial charge in [0.1, 0.15) is 5.76 Å². The van der Waals surface area contributed by atoms with E-state index in [1.165, 1.54) is 0 Å². The van der Waals surface area contributed by atoms with E-state index >= 15 is 0 Å². The normalized spacial score (nSPS) is 17.3. The maximum atomic E-state index is 12.3. The second-order valence-electron chi connectivity index (χ2n) is 4.87. The molecule has 0 bridgehead atoms. The minimum absolute atomic E-state index is 0.122. The Morgan fingerprint density at radius 1 is 1.29 bits per heavy atom. The Kier molecular flexibility index (Phi) is 6.61. The van der Waals surface area contributed by atoms with Gasteiger partial charge in [0.15, 0.2) is 0 Å². The summed E-state index contributed by atoms with van der Waals surface area (Å²) in [6, 6.07) is 0.